The lowest BCUT2D eigenvalue weighted by Gasteiger charge is -2.12. The van der Waals surface area contributed by atoms with Crippen molar-refractivity contribution in [2.24, 2.45) is 7.05 Å². The number of halogens is 1. The molecule has 0 bridgehead atoms. The van der Waals surface area contributed by atoms with Crippen LogP contribution in [0.2, 0.25) is 5.02 Å². The quantitative estimate of drug-likeness (QED) is 0.859. The smallest absolute Gasteiger partial charge is 0.233 e. The zero-order chi connectivity index (χ0) is 15.4. The molecule has 1 amide bonds. The lowest BCUT2D eigenvalue weighted by molar-refractivity contribution is -0.120. The Morgan fingerprint density at radius 3 is 2.76 bits per heavy atom. The van der Waals surface area contributed by atoms with Gasteiger partial charge in [0.25, 0.3) is 0 Å². The summed E-state index contributed by atoms with van der Waals surface area (Å²) in [5, 5.41) is 12.0. The Hall–Kier alpha value is -1.53. The molecule has 7 heteroatoms. The van der Waals surface area contributed by atoms with Gasteiger partial charge in [0, 0.05) is 18.6 Å². The summed E-state index contributed by atoms with van der Waals surface area (Å²) in [5.74, 6) is 0.766. The number of nitrogens with one attached hydrogen (secondary N) is 1. The van der Waals surface area contributed by atoms with Crippen LogP contribution in [0.15, 0.2) is 29.4 Å². The maximum Gasteiger partial charge on any atom is 0.233 e. The van der Waals surface area contributed by atoms with Crippen LogP contribution in [0.3, 0.4) is 0 Å². The summed E-state index contributed by atoms with van der Waals surface area (Å²) in [6.45, 7) is 4.14. The molecule has 0 unspecified atom stereocenters. The van der Waals surface area contributed by atoms with Crippen molar-refractivity contribution in [3.63, 3.8) is 0 Å². The van der Waals surface area contributed by atoms with Crippen LogP contribution in [0, 0.1) is 6.92 Å². The second kappa shape index (κ2) is 6.95. The molecule has 0 fully saturated rings. The summed E-state index contributed by atoms with van der Waals surface area (Å²) in [6, 6.07) is 7.46. The van der Waals surface area contributed by atoms with Gasteiger partial charge >= 0.3 is 0 Å². The largest absolute Gasteiger partial charge is 0.351 e. The van der Waals surface area contributed by atoms with E-state index in [9.17, 15) is 4.79 Å². The Balaban J connectivity index is 1.91. The lowest BCUT2D eigenvalue weighted by Crippen LogP contribution is -2.30. The molecule has 1 N–H and O–H groups in total. The molecule has 5 nitrogen and oxygen atoms in total. The Labute approximate surface area is 133 Å². The number of benzene rings is 1. The summed E-state index contributed by atoms with van der Waals surface area (Å²) in [4.78, 5) is 12.1. The molecule has 0 aliphatic rings. The molecule has 2 rings (SSSR count). The number of thioether (sulfide) groups is 1. The van der Waals surface area contributed by atoms with Crippen LogP contribution in [-0.2, 0) is 18.4 Å². The molecule has 0 saturated heterocycles. The molecule has 0 aliphatic carbocycles. The third-order valence-electron chi connectivity index (χ3n) is 3.11. The van der Waals surface area contributed by atoms with Crippen LogP contribution >= 0.6 is 23.4 Å². The fourth-order valence-electron chi connectivity index (χ4n) is 1.67. The van der Waals surface area contributed by atoms with E-state index in [2.05, 4.69) is 15.5 Å². The molecule has 21 heavy (non-hydrogen) atoms. The molecular formula is C14H17ClN4OS. The van der Waals surface area contributed by atoms with E-state index in [0.29, 0.717) is 11.6 Å². The second-order valence-electron chi connectivity index (χ2n) is 4.66. The van der Waals surface area contributed by atoms with Crippen LogP contribution in [0.1, 0.15) is 18.3 Å². The highest BCUT2D eigenvalue weighted by atomic mass is 35.5. The summed E-state index contributed by atoms with van der Waals surface area (Å²) < 4.78 is 1.86. The zero-order valence-electron chi connectivity index (χ0n) is 12.1. The first-order valence-corrected chi connectivity index (χ1v) is 7.78. The van der Waals surface area contributed by atoms with E-state index < -0.39 is 0 Å². The normalized spacial score (nSPS) is 12.2. The minimum atomic E-state index is -0.255. The number of rotatable bonds is 5. The predicted octanol–water partition coefficient (Wildman–Crippen LogP) is 2.57. The molecule has 1 aromatic carbocycles. The fraction of sp³-hybridized carbons (Fsp3) is 0.357. The molecule has 0 spiro atoms. The van der Waals surface area contributed by atoms with Crippen LogP contribution < -0.4 is 5.32 Å². The SMILES string of the molecule is Cc1nnc(S[C@H](C)C(=O)NCc2ccccc2Cl)n1C. The summed E-state index contributed by atoms with van der Waals surface area (Å²) in [5.41, 5.74) is 0.902. The monoisotopic (exact) mass is 324 g/mol. The highest BCUT2D eigenvalue weighted by Gasteiger charge is 2.17. The van der Waals surface area contributed by atoms with Crippen molar-refractivity contribution in [1.29, 1.82) is 0 Å². The average molecular weight is 325 g/mol. The van der Waals surface area contributed by atoms with Crippen molar-refractivity contribution in [3.05, 3.63) is 40.7 Å². The van der Waals surface area contributed by atoms with Crippen molar-refractivity contribution in [2.75, 3.05) is 0 Å². The number of amides is 1. The number of aryl methyl sites for hydroxylation is 1. The molecule has 0 aliphatic heterocycles. The fourth-order valence-corrected chi connectivity index (χ4v) is 2.76. The van der Waals surface area contributed by atoms with Gasteiger partial charge < -0.3 is 9.88 Å². The number of carbonyl (C=O) groups excluding carboxylic acids is 1. The lowest BCUT2D eigenvalue weighted by atomic mass is 10.2. The Bertz CT molecular complexity index is 644. The molecule has 1 aromatic heterocycles. The molecule has 1 atom stereocenters. The van der Waals surface area contributed by atoms with E-state index in [1.54, 1.807) is 0 Å². The summed E-state index contributed by atoms with van der Waals surface area (Å²) in [6.07, 6.45) is 0. The van der Waals surface area contributed by atoms with Gasteiger partial charge in [0.1, 0.15) is 5.82 Å². The molecule has 112 valence electrons. The van der Waals surface area contributed by atoms with E-state index in [1.807, 2.05) is 49.7 Å². The van der Waals surface area contributed by atoms with Crippen molar-refractivity contribution in [3.8, 4) is 0 Å². The van der Waals surface area contributed by atoms with Gasteiger partial charge in [-0.1, -0.05) is 41.6 Å². The Morgan fingerprint density at radius 1 is 1.43 bits per heavy atom. The van der Waals surface area contributed by atoms with Gasteiger partial charge in [0.15, 0.2) is 5.16 Å². The van der Waals surface area contributed by atoms with Gasteiger partial charge in [-0.2, -0.15) is 0 Å². The van der Waals surface area contributed by atoms with Crippen molar-refractivity contribution < 1.29 is 4.79 Å². The third-order valence-corrected chi connectivity index (χ3v) is 4.62. The van der Waals surface area contributed by atoms with E-state index in [0.717, 1.165) is 16.5 Å². The van der Waals surface area contributed by atoms with Crippen molar-refractivity contribution in [2.45, 2.75) is 30.8 Å². The van der Waals surface area contributed by atoms with Crippen molar-refractivity contribution in [1.82, 2.24) is 20.1 Å². The first kappa shape index (κ1) is 15.9. The molecule has 1 heterocycles. The van der Waals surface area contributed by atoms with Gasteiger partial charge in [0.05, 0.1) is 5.25 Å². The first-order chi connectivity index (χ1) is 9.99. The Morgan fingerprint density at radius 2 is 2.14 bits per heavy atom. The van der Waals surface area contributed by atoms with Gasteiger partial charge in [-0.25, -0.2) is 0 Å². The topological polar surface area (TPSA) is 59.8 Å². The zero-order valence-corrected chi connectivity index (χ0v) is 13.7. The van der Waals surface area contributed by atoms with Crippen LogP contribution in [0.25, 0.3) is 0 Å². The van der Waals surface area contributed by atoms with E-state index in [4.69, 9.17) is 11.6 Å². The first-order valence-electron chi connectivity index (χ1n) is 6.53. The number of hydrogen-bond donors (Lipinski definition) is 1. The molecule has 0 radical (unpaired) electrons. The number of aromatic nitrogens is 3. The van der Waals surface area contributed by atoms with Crippen LogP contribution in [-0.4, -0.2) is 25.9 Å². The highest BCUT2D eigenvalue weighted by molar-refractivity contribution is 8.00. The minimum Gasteiger partial charge on any atom is -0.351 e. The van der Waals surface area contributed by atoms with E-state index in [1.165, 1.54) is 11.8 Å². The Kier molecular flexibility index (Phi) is 5.25. The van der Waals surface area contributed by atoms with Crippen LogP contribution in [0.5, 0.6) is 0 Å². The van der Waals surface area contributed by atoms with E-state index >= 15 is 0 Å². The number of nitrogens with zero attached hydrogens (tertiary/aromatic N) is 3. The average Bonchev–Trinajstić information content (AvgIpc) is 2.78. The number of carbonyl (C=O) groups is 1. The second-order valence-corrected chi connectivity index (χ2v) is 6.37. The van der Waals surface area contributed by atoms with Gasteiger partial charge in [-0.15, -0.1) is 10.2 Å². The minimum absolute atomic E-state index is 0.0550. The van der Waals surface area contributed by atoms with Gasteiger partial charge in [-0.3, -0.25) is 4.79 Å². The third kappa shape index (κ3) is 3.98. The van der Waals surface area contributed by atoms with E-state index in [-0.39, 0.29) is 11.2 Å². The maximum absolute atomic E-state index is 12.1. The number of hydrogen-bond acceptors (Lipinski definition) is 4. The van der Waals surface area contributed by atoms with Gasteiger partial charge in [0.2, 0.25) is 5.91 Å². The summed E-state index contributed by atoms with van der Waals surface area (Å²) >= 11 is 7.45. The predicted molar refractivity (Wildman–Crippen MR) is 84.4 cm³/mol. The van der Waals surface area contributed by atoms with Crippen molar-refractivity contribution >= 4 is 29.3 Å². The molecule has 2 aromatic rings. The molecular weight excluding hydrogens is 308 g/mol. The van der Waals surface area contributed by atoms with Crippen LogP contribution in [0.4, 0.5) is 0 Å². The summed E-state index contributed by atoms with van der Waals surface area (Å²) in [7, 11) is 1.88. The van der Waals surface area contributed by atoms with Gasteiger partial charge in [-0.05, 0) is 25.5 Å². The highest BCUT2D eigenvalue weighted by Crippen LogP contribution is 2.21. The maximum atomic E-state index is 12.1. The molecule has 0 saturated carbocycles. The standard InChI is InChI=1S/C14H17ClN4OS/c1-9(21-14-18-17-10(2)19(14)3)13(20)16-8-11-6-4-5-7-12(11)15/h4-7,9H,8H2,1-3H3,(H,16,20)/t9-/m1/s1.